The lowest BCUT2D eigenvalue weighted by Gasteiger charge is -2.10. The Labute approximate surface area is 124 Å². The Morgan fingerprint density at radius 1 is 1.30 bits per heavy atom. The van der Waals surface area contributed by atoms with Gasteiger partial charge in [-0.15, -0.1) is 12.4 Å². The molecule has 0 aromatic heterocycles. The van der Waals surface area contributed by atoms with E-state index >= 15 is 0 Å². The van der Waals surface area contributed by atoms with Crippen molar-refractivity contribution >= 4 is 28.1 Å². The Kier molecular flexibility index (Phi) is 7.07. The van der Waals surface area contributed by atoms with E-state index in [1.165, 1.54) is 19.9 Å². The SMILES string of the molecule is Cc1ccc(C)c(S(=O)(=O)NCCCN)c1[N+](=O)[O-].Cl. The number of hydrogen-bond acceptors (Lipinski definition) is 5. The van der Waals surface area contributed by atoms with Crippen LogP contribution in [0.4, 0.5) is 5.69 Å². The molecule has 1 rings (SSSR count). The Morgan fingerprint density at radius 3 is 2.35 bits per heavy atom. The predicted octanol–water partition coefficient (Wildman–Crippen LogP) is 1.26. The first-order chi connectivity index (χ1) is 8.81. The van der Waals surface area contributed by atoms with Crippen LogP contribution in [0.2, 0.25) is 0 Å². The molecule has 0 heterocycles. The molecule has 0 atom stereocenters. The van der Waals surface area contributed by atoms with Crippen molar-refractivity contribution in [1.29, 1.82) is 0 Å². The number of nitro groups is 1. The second-order valence-electron chi connectivity index (χ2n) is 4.17. The van der Waals surface area contributed by atoms with E-state index in [0.717, 1.165) is 0 Å². The van der Waals surface area contributed by atoms with Crippen molar-refractivity contribution in [3.63, 3.8) is 0 Å². The van der Waals surface area contributed by atoms with Crippen molar-refractivity contribution in [2.75, 3.05) is 13.1 Å². The zero-order chi connectivity index (χ0) is 14.6. The highest BCUT2D eigenvalue weighted by Gasteiger charge is 2.29. The Morgan fingerprint density at radius 2 is 1.85 bits per heavy atom. The van der Waals surface area contributed by atoms with Crippen LogP contribution in [0, 0.1) is 24.0 Å². The first-order valence-electron chi connectivity index (χ1n) is 5.75. The molecule has 0 aliphatic heterocycles. The minimum Gasteiger partial charge on any atom is -0.330 e. The third-order valence-corrected chi connectivity index (χ3v) is 4.29. The molecule has 20 heavy (non-hydrogen) atoms. The number of nitrogens with two attached hydrogens (primary N) is 1. The topological polar surface area (TPSA) is 115 Å². The van der Waals surface area contributed by atoms with Crippen molar-refractivity contribution in [3.8, 4) is 0 Å². The van der Waals surface area contributed by atoms with Crippen LogP contribution in [0.5, 0.6) is 0 Å². The van der Waals surface area contributed by atoms with Gasteiger partial charge in [-0.05, 0) is 32.4 Å². The minimum absolute atomic E-state index is 0. The molecular weight excluding hydrogens is 306 g/mol. The normalized spacial score (nSPS) is 10.9. The zero-order valence-corrected chi connectivity index (χ0v) is 12.9. The van der Waals surface area contributed by atoms with Crippen LogP contribution in [-0.4, -0.2) is 26.4 Å². The monoisotopic (exact) mass is 323 g/mol. The van der Waals surface area contributed by atoms with Crippen molar-refractivity contribution in [2.45, 2.75) is 25.2 Å². The molecule has 0 bridgehead atoms. The van der Waals surface area contributed by atoms with Gasteiger partial charge in [0, 0.05) is 12.1 Å². The number of nitrogens with one attached hydrogen (secondary N) is 1. The molecule has 0 radical (unpaired) electrons. The summed E-state index contributed by atoms with van der Waals surface area (Å²) >= 11 is 0. The lowest BCUT2D eigenvalue weighted by molar-refractivity contribution is -0.388. The summed E-state index contributed by atoms with van der Waals surface area (Å²) in [5, 5.41) is 11.1. The standard InChI is InChI=1S/C11H17N3O4S.ClH/c1-8-4-5-9(2)11(10(8)14(15)16)19(17,18)13-7-3-6-12;/h4-5,13H,3,6-7,12H2,1-2H3;1H. The summed E-state index contributed by atoms with van der Waals surface area (Å²) in [4.78, 5) is 10.1. The first-order valence-corrected chi connectivity index (χ1v) is 7.24. The second-order valence-corrected chi connectivity index (χ2v) is 5.88. The molecule has 0 aliphatic rings. The van der Waals surface area contributed by atoms with Crippen molar-refractivity contribution in [2.24, 2.45) is 5.73 Å². The van der Waals surface area contributed by atoms with E-state index in [1.54, 1.807) is 6.07 Å². The van der Waals surface area contributed by atoms with Gasteiger partial charge in [0.25, 0.3) is 5.69 Å². The average molecular weight is 324 g/mol. The Balaban J connectivity index is 0.00000361. The molecule has 0 saturated heterocycles. The molecule has 0 unspecified atom stereocenters. The fourth-order valence-corrected chi connectivity index (χ4v) is 3.26. The van der Waals surface area contributed by atoms with E-state index in [-0.39, 0.29) is 29.5 Å². The fourth-order valence-electron chi connectivity index (χ4n) is 1.72. The quantitative estimate of drug-likeness (QED) is 0.464. The van der Waals surface area contributed by atoms with Crippen LogP contribution in [-0.2, 0) is 10.0 Å². The van der Waals surface area contributed by atoms with Crippen LogP contribution >= 0.6 is 12.4 Å². The van der Waals surface area contributed by atoms with Crippen molar-refractivity contribution in [3.05, 3.63) is 33.4 Å². The molecule has 114 valence electrons. The zero-order valence-electron chi connectivity index (χ0n) is 11.3. The maximum atomic E-state index is 12.1. The number of rotatable bonds is 6. The van der Waals surface area contributed by atoms with E-state index in [4.69, 9.17) is 5.73 Å². The van der Waals surface area contributed by atoms with Crippen LogP contribution in [0.1, 0.15) is 17.5 Å². The number of nitro benzene ring substituents is 1. The molecule has 3 N–H and O–H groups in total. The summed E-state index contributed by atoms with van der Waals surface area (Å²) in [7, 11) is -3.91. The number of benzene rings is 1. The number of aryl methyl sites for hydroxylation is 2. The third-order valence-electron chi connectivity index (χ3n) is 2.65. The fraction of sp³-hybridized carbons (Fsp3) is 0.455. The summed E-state index contributed by atoms with van der Waals surface area (Å²) in [6, 6.07) is 3.09. The van der Waals surface area contributed by atoms with Gasteiger partial charge in [0.05, 0.1) is 4.92 Å². The predicted molar refractivity (Wildman–Crippen MR) is 78.7 cm³/mol. The molecule has 1 aromatic rings. The summed E-state index contributed by atoms with van der Waals surface area (Å²) in [5.74, 6) is 0. The summed E-state index contributed by atoms with van der Waals surface area (Å²) in [5.41, 5.74) is 5.57. The van der Waals surface area contributed by atoms with E-state index in [2.05, 4.69) is 4.72 Å². The molecule has 9 heteroatoms. The molecule has 7 nitrogen and oxygen atoms in total. The third kappa shape index (κ3) is 4.14. The van der Waals surface area contributed by atoms with Crippen LogP contribution in [0.25, 0.3) is 0 Å². The molecule has 1 aromatic carbocycles. The lowest BCUT2D eigenvalue weighted by Crippen LogP contribution is -2.27. The van der Waals surface area contributed by atoms with Gasteiger partial charge in [-0.25, -0.2) is 13.1 Å². The lowest BCUT2D eigenvalue weighted by atomic mass is 10.1. The maximum absolute atomic E-state index is 12.1. The number of nitrogens with zero attached hydrogens (tertiary/aromatic N) is 1. The van der Waals surface area contributed by atoms with Gasteiger partial charge < -0.3 is 5.73 Å². The van der Waals surface area contributed by atoms with E-state index in [1.807, 2.05) is 0 Å². The Bertz CT molecular complexity index is 590. The van der Waals surface area contributed by atoms with E-state index in [0.29, 0.717) is 24.1 Å². The van der Waals surface area contributed by atoms with Gasteiger partial charge in [0.15, 0.2) is 4.90 Å². The highest BCUT2D eigenvalue weighted by atomic mass is 35.5. The Hall–Kier alpha value is -1.22. The van der Waals surface area contributed by atoms with Crippen molar-refractivity contribution < 1.29 is 13.3 Å². The summed E-state index contributed by atoms with van der Waals surface area (Å²) < 4.78 is 26.6. The highest BCUT2D eigenvalue weighted by Crippen LogP contribution is 2.30. The summed E-state index contributed by atoms with van der Waals surface area (Å²) in [6.07, 6.45) is 0.470. The number of hydrogen-bond donors (Lipinski definition) is 2. The molecular formula is C11H18ClN3O4S. The first kappa shape index (κ1) is 18.8. The van der Waals surface area contributed by atoms with Gasteiger partial charge in [0.1, 0.15) is 0 Å². The van der Waals surface area contributed by atoms with Gasteiger partial charge in [-0.2, -0.15) is 0 Å². The van der Waals surface area contributed by atoms with Gasteiger partial charge >= 0.3 is 0 Å². The molecule has 0 fully saturated rings. The second kappa shape index (κ2) is 7.53. The van der Waals surface area contributed by atoms with Gasteiger partial charge in [-0.1, -0.05) is 12.1 Å². The van der Waals surface area contributed by atoms with Gasteiger partial charge in [-0.3, -0.25) is 10.1 Å². The smallest absolute Gasteiger partial charge is 0.292 e. The molecule has 0 saturated carbocycles. The van der Waals surface area contributed by atoms with Crippen LogP contribution < -0.4 is 10.5 Å². The maximum Gasteiger partial charge on any atom is 0.292 e. The van der Waals surface area contributed by atoms with Crippen molar-refractivity contribution in [1.82, 2.24) is 4.72 Å². The molecule has 0 aliphatic carbocycles. The molecule has 0 spiro atoms. The number of sulfonamides is 1. The highest BCUT2D eigenvalue weighted by molar-refractivity contribution is 7.89. The van der Waals surface area contributed by atoms with Crippen LogP contribution in [0.15, 0.2) is 17.0 Å². The molecule has 0 amide bonds. The van der Waals surface area contributed by atoms with E-state index < -0.39 is 14.9 Å². The largest absolute Gasteiger partial charge is 0.330 e. The van der Waals surface area contributed by atoms with E-state index in [9.17, 15) is 18.5 Å². The average Bonchev–Trinajstić information content (AvgIpc) is 2.31. The van der Waals surface area contributed by atoms with Crippen LogP contribution in [0.3, 0.4) is 0 Å². The minimum atomic E-state index is -3.91. The number of halogens is 1. The summed E-state index contributed by atoms with van der Waals surface area (Å²) in [6.45, 7) is 3.54. The van der Waals surface area contributed by atoms with Gasteiger partial charge in [0.2, 0.25) is 10.0 Å².